The lowest BCUT2D eigenvalue weighted by atomic mass is 10.1. The number of rotatable bonds is 2. The highest BCUT2D eigenvalue weighted by Crippen LogP contribution is 2.21. The second-order valence-electron chi connectivity index (χ2n) is 4.50. The van der Waals surface area contributed by atoms with Gasteiger partial charge in [0.1, 0.15) is 5.69 Å². The van der Waals surface area contributed by atoms with E-state index in [0.717, 1.165) is 10.9 Å². The number of aromatic nitrogens is 1. The fourth-order valence-electron chi connectivity index (χ4n) is 2.11. The van der Waals surface area contributed by atoms with Crippen molar-refractivity contribution in [2.45, 2.75) is 32.4 Å². The standard InChI is InChI=1S/C13H17BrN2O2/c1-3-10-8-18-9(2)7-16(10)13(17)12-11(14)5-4-6-15-12/h4-6,9-10H,3,7-8H2,1-2H3. The van der Waals surface area contributed by atoms with E-state index in [0.29, 0.717) is 18.8 Å². The maximum Gasteiger partial charge on any atom is 0.274 e. The lowest BCUT2D eigenvalue weighted by molar-refractivity contribution is -0.0446. The molecule has 0 spiro atoms. The predicted molar refractivity (Wildman–Crippen MR) is 72.5 cm³/mol. The van der Waals surface area contributed by atoms with Crippen LogP contribution in [0, 0.1) is 0 Å². The fourth-order valence-corrected chi connectivity index (χ4v) is 2.53. The first kappa shape index (κ1) is 13.5. The van der Waals surface area contributed by atoms with E-state index in [1.165, 1.54) is 0 Å². The van der Waals surface area contributed by atoms with Crippen LogP contribution in [-0.4, -0.2) is 41.1 Å². The van der Waals surface area contributed by atoms with E-state index in [-0.39, 0.29) is 18.1 Å². The predicted octanol–water partition coefficient (Wildman–Crippen LogP) is 2.48. The van der Waals surface area contributed by atoms with E-state index >= 15 is 0 Å². The summed E-state index contributed by atoms with van der Waals surface area (Å²) in [4.78, 5) is 18.6. The minimum Gasteiger partial charge on any atom is -0.375 e. The van der Waals surface area contributed by atoms with Crippen molar-refractivity contribution < 1.29 is 9.53 Å². The molecule has 0 aliphatic carbocycles. The van der Waals surface area contributed by atoms with Crippen molar-refractivity contribution in [3.8, 4) is 0 Å². The Balaban J connectivity index is 2.23. The van der Waals surface area contributed by atoms with E-state index in [1.807, 2.05) is 17.9 Å². The molecule has 0 bridgehead atoms. The highest BCUT2D eigenvalue weighted by atomic mass is 79.9. The minimum absolute atomic E-state index is 0.0236. The SMILES string of the molecule is CCC1COC(C)CN1C(=O)c1ncccc1Br. The van der Waals surface area contributed by atoms with Gasteiger partial charge in [-0.15, -0.1) is 0 Å². The maximum atomic E-state index is 12.5. The summed E-state index contributed by atoms with van der Waals surface area (Å²) >= 11 is 3.38. The van der Waals surface area contributed by atoms with Crippen LogP contribution in [0.3, 0.4) is 0 Å². The molecule has 4 nitrogen and oxygen atoms in total. The van der Waals surface area contributed by atoms with Gasteiger partial charge in [-0.05, 0) is 41.4 Å². The van der Waals surface area contributed by atoms with Gasteiger partial charge >= 0.3 is 0 Å². The van der Waals surface area contributed by atoms with Crippen molar-refractivity contribution in [1.29, 1.82) is 0 Å². The number of morpholine rings is 1. The number of pyridine rings is 1. The number of hydrogen-bond acceptors (Lipinski definition) is 3. The van der Waals surface area contributed by atoms with E-state index in [1.54, 1.807) is 12.3 Å². The molecular weight excluding hydrogens is 296 g/mol. The Morgan fingerprint density at radius 3 is 3.11 bits per heavy atom. The van der Waals surface area contributed by atoms with Gasteiger partial charge in [0.25, 0.3) is 5.91 Å². The van der Waals surface area contributed by atoms with Crippen molar-refractivity contribution in [2.24, 2.45) is 0 Å². The van der Waals surface area contributed by atoms with Gasteiger partial charge in [0, 0.05) is 17.2 Å². The van der Waals surface area contributed by atoms with Crippen LogP contribution >= 0.6 is 15.9 Å². The van der Waals surface area contributed by atoms with Crippen molar-refractivity contribution in [3.05, 3.63) is 28.5 Å². The molecule has 18 heavy (non-hydrogen) atoms. The van der Waals surface area contributed by atoms with Crippen LogP contribution in [0.1, 0.15) is 30.8 Å². The van der Waals surface area contributed by atoms with Crippen LogP contribution in [0.4, 0.5) is 0 Å². The van der Waals surface area contributed by atoms with Gasteiger partial charge in [0.15, 0.2) is 0 Å². The summed E-state index contributed by atoms with van der Waals surface area (Å²) < 4.78 is 6.34. The molecule has 0 aromatic carbocycles. The van der Waals surface area contributed by atoms with Gasteiger partial charge in [0.05, 0.1) is 18.8 Å². The van der Waals surface area contributed by atoms with Crippen LogP contribution in [-0.2, 0) is 4.74 Å². The maximum absolute atomic E-state index is 12.5. The average molecular weight is 313 g/mol. The molecule has 98 valence electrons. The Bertz CT molecular complexity index is 439. The van der Waals surface area contributed by atoms with Crippen molar-refractivity contribution in [1.82, 2.24) is 9.88 Å². The fraction of sp³-hybridized carbons (Fsp3) is 0.538. The first-order valence-electron chi connectivity index (χ1n) is 6.16. The number of ether oxygens (including phenoxy) is 1. The minimum atomic E-state index is -0.0236. The second kappa shape index (κ2) is 5.80. The number of amides is 1. The van der Waals surface area contributed by atoms with E-state index in [4.69, 9.17) is 4.74 Å². The highest BCUT2D eigenvalue weighted by molar-refractivity contribution is 9.10. The largest absolute Gasteiger partial charge is 0.375 e. The van der Waals surface area contributed by atoms with Gasteiger partial charge in [-0.3, -0.25) is 4.79 Å². The summed E-state index contributed by atoms with van der Waals surface area (Å²) in [5, 5.41) is 0. The summed E-state index contributed by atoms with van der Waals surface area (Å²) in [6.45, 7) is 5.28. The smallest absolute Gasteiger partial charge is 0.274 e. The zero-order chi connectivity index (χ0) is 13.1. The van der Waals surface area contributed by atoms with Gasteiger partial charge in [-0.2, -0.15) is 0 Å². The zero-order valence-corrected chi connectivity index (χ0v) is 12.2. The zero-order valence-electron chi connectivity index (χ0n) is 10.6. The molecular formula is C13H17BrN2O2. The molecule has 0 radical (unpaired) electrons. The molecule has 1 fully saturated rings. The van der Waals surface area contributed by atoms with Crippen LogP contribution < -0.4 is 0 Å². The number of hydrogen-bond donors (Lipinski definition) is 0. The lowest BCUT2D eigenvalue weighted by Crippen LogP contribution is -2.51. The molecule has 1 aromatic rings. The molecule has 1 aromatic heterocycles. The Labute approximate surface area is 115 Å². The third-order valence-corrected chi connectivity index (χ3v) is 3.80. The molecule has 1 aliphatic heterocycles. The normalized spacial score (nSPS) is 24.1. The Morgan fingerprint density at radius 1 is 1.67 bits per heavy atom. The molecule has 5 heteroatoms. The topological polar surface area (TPSA) is 42.4 Å². The van der Waals surface area contributed by atoms with Crippen LogP contribution in [0.2, 0.25) is 0 Å². The highest BCUT2D eigenvalue weighted by Gasteiger charge is 2.31. The van der Waals surface area contributed by atoms with Crippen molar-refractivity contribution in [3.63, 3.8) is 0 Å². The lowest BCUT2D eigenvalue weighted by Gasteiger charge is -2.38. The monoisotopic (exact) mass is 312 g/mol. The summed E-state index contributed by atoms with van der Waals surface area (Å²) in [7, 11) is 0. The molecule has 0 N–H and O–H groups in total. The summed E-state index contributed by atoms with van der Waals surface area (Å²) in [5.41, 5.74) is 0.477. The Hall–Kier alpha value is -0.940. The summed E-state index contributed by atoms with van der Waals surface area (Å²) in [5.74, 6) is -0.0236. The van der Waals surface area contributed by atoms with E-state index in [2.05, 4.69) is 27.8 Å². The molecule has 2 heterocycles. The first-order chi connectivity index (χ1) is 8.63. The average Bonchev–Trinajstić information content (AvgIpc) is 2.38. The van der Waals surface area contributed by atoms with Crippen molar-refractivity contribution >= 4 is 21.8 Å². The molecule has 1 aliphatic rings. The molecule has 1 saturated heterocycles. The number of nitrogens with zero attached hydrogens (tertiary/aromatic N) is 2. The number of halogens is 1. The van der Waals surface area contributed by atoms with E-state index in [9.17, 15) is 4.79 Å². The van der Waals surface area contributed by atoms with Gasteiger partial charge in [-0.25, -0.2) is 4.98 Å². The van der Waals surface area contributed by atoms with Crippen LogP contribution in [0.25, 0.3) is 0 Å². The number of carbonyl (C=O) groups is 1. The Kier molecular flexibility index (Phi) is 4.35. The molecule has 2 rings (SSSR count). The third-order valence-electron chi connectivity index (χ3n) is 3.16. The van der Waals surface area contributed by atoms with Crippen LogP contribution in [0.5, 0.6) is 0 Å². The van der Waals surface area contributed by atoms with Gasteiger partial charge in [0.2, 0.25) is 0 Å². The second-order valence-corrected chi connectivity index (χ2v) is 5.35. The first-order valence-corrected chi connectivity index (χ1v) is 6.95. The van der Waals surface area contributed by atoms with Crippen molar-refractivity contribution in [2.75, 3.05) is 13.2 Å². The van der Waals surface area contributed by atoms with Gasteiger partial charge in [-0.1, -0.05) is 6.92 Å². The summed E-state index contributed by atoms with van der Waals surface area (Å²) in [6.07, 6.45) is 2.62. The molecule has 1 amide bonds. The molecule has 0 saturated carbocycles. The Morgan fingerprint density at radius 2 is 2.44 bits per heavy atom. The molecule has 2 unspecified atom stereocenters. The number of carbonyl (C=O) groups excluding carboxylic acids is 1. The third kappa shape index (κ3) is 2.72. The quantitative estimate of drug-likeness (QED) is 0.842. The molecule has 2 atom stereocenters. The summed E-state index contributed by atoms with van der Waals surface area (Å²) in [6, 6.07) is 3.79. The van der Waals surface area contributed by atoms with Crippen LogP contribution in [0.15, 0.2) is 22.8 Å². The van der Waals surface area contributed by atoms with Gasteiger partial charge < -0.3 is 9.64 Å². The van der Waals surface area contributed by atoms with E-state index < -0.39 is 0 Å².